The second-order valence-electron chi connectivity index (χ2n) is 7.06. The molecule has 0 aliphatic carbocycles. The number of H-pyrrole nitrogens is 1. The lowest BCUT2D eigenvalue weighted by molar-refractivity contribution is -0.148. The molecule has 154 valence electrons. The molecule has 0 saturated heterocycles. The van der Waals surface area contributed by atoms with Crippen LogP contribution < -0.4 is 0 Å². The summed E-state index contributed by atoms with van der Waals surface area (Å²) in [5.74, 6) is -0.596. The van der Waals surface area contributed by atoms with Crippen molar-refractivity contribution in [2.75, 3.05) is 6.54 Å². The number of aryl methyl sites for hydroxylation is 2. The Hall–Kier alpha value is -3.11. The molecule has 29 heavy (non-hydrogen) atoms. The molecule has 0 saturated carbocycles. The van der Waals surface area contributed by atoms with Gasteiger partial charge in [0.15, 0.2) is 11.6 Å². The van der Waals surface area contributed by atoms with Gasteiger partial charge in [-0.05, 0) is 32.9 Å². The van der Waals surface area contributed by atoms with Gasteiger partial charge in [-0.3, -0.25) is 9.89 Å². The number of rotatable bonds is 3. The quantitative estimate of drug-likeness (QED) is 0.719. The van der Waals surface area contributed by atoms with Crippen LogP contribution in [0, 0.1) is 13.8 Å². The maximum absolute atomic E-state index is 13.0. The lowest BCUT2D eigenvalue weighted by Crippen LogP contribution is -2.41. The summed E-state index contributed by atoms with van der Waals surface area (Å²) >= 11 is 0. The highest BCUT2D eigenvalue weighted by Gasteiger charge is 2.42. The lowest BCUT2D eigenvalue weighted by atomic mass is 10.1. The van der Waals surface area contributed by atoms with Gasteiger partial charge < -0.3 is 13.9 Å². The van der Waals surface area contributed by atoms with E-state index in [2.05, 4.69) is 20.4 Å². The highest BCUT2D eigenvalue weighted by molar-refractivity contribution is 5.91. The van der Waals surface area contributed by atoms with E-state index >= 15 is 0 Å². The molecule has 1 aliphatic rings. The summed E-state index contributed by atoms with van der Waals surface area (Å²) < 4.78 is 45.9. The van der Waals surface area contributed by atoms with Crippen LogP contribution in [0.2, 0.25) is 0 Å². The third-order valence-electron chi connectivity index (χ3n) is 5.20. The average Bonchev–Trinajstić information content (AvgIpc) is 3.36. The standard InChI is InChI=1S/C18H19F3N6O2/c1-9-13(10(2)23-22-9)8-12-4-5-14(29-12)16(28)26-6-7-27-15(11(26)3)24-25-17(27)18(19,20)21/h4-5,11H,6-8H2,1-3H3,(H,22,23). The van der Waals surface area contributed by atoms with E-state index in [0.29, 0.717) is 12.2 Å². The Morgan fingerprint density at radius 1 is 1.28 bits per heavy atom. The second-order valence-corrected chi connectivity index (χ2v) is 7.06. The van der Waals surface area contributed by atoms with Crippen LogP contribution in [0.4, 0.5) is 13.2 Å². The molecule has 4 rings (SSSR count). The van der Waals surface area contributed by atoms with Gasteiger partial charge in [0.05, 0.1) is 11.7 Å². The molecule has 0 spiro atoms. The number of carbonyl (C=O) groups is 1. The van der Waals surface area contributed by atoms with Gasteiger partial charge in [0.1, 0.15) is 5.76 Å². The smallest absolute Gasteiger partial charge is 0.451 e. The zero-order valence-corrected chi connectivity index (χ0v) is 16.0. The number of carbonyl (C=O) groups excluding carboxylic acids is 1. The summed E-state index contributed by atoms with van der Waals surface area (Å²) in [6, 6.07) is 2.64. The van der Waals surface area contributed by atoms with Gasteiger partial charge in [-0.1, -0.05) is 0 Å². The van der Waals surface area contributed by atoms with Crippen molar-refractivity contribution in [1.82, 2.24) is 29.9 Å². The first-order valence-corrected chi connectivity index (χ1v) is 9.07. The largest absolute Gasteiger partial charge is 0.456 e. The van der Waals surface area contributed by atoms with Crippen molar-refractivity contribution in [3.05, 3.63) is 52.3 Å². The van der Waals surface area contributed by atoms with Crippen LogP contribution in [0.3, 0.4) is 0 Å². The number of aromatic nitrogens is 5. The summed E-state index contributed by atoms with van der Waals surface area (Å²) in [6.07, 6.45) is -4.10. The second kappa shape index (κ2) is 6.75. The molecule has 3 aromatic heterocycles. The van der Waals surface area contributed by atoms with Crippen molar-refractivity contribution < 1.29 is 22.4 Å². The predicted molar refractivity (Wildman–Crippen MR) is 94.1 cm³/mol. The normalized spacial score (nSPS) is 16.9. The van der Waals surface area contributed by atoms with Crippen LogP contribution in [0.25, 0.3) is 0 Å². The van der Waals surface area contributed by atoms with Crippen LogP contribution >= 0.6 is 0 Å². The summed E-state index contributed by atoms with van der Waals surface area (Å²) in [5.41, 5.74) is 2.78. The maximum Gasteiger partial charge on any atom is 0.451 e. The van der Waals surface area contributed by atoms with Gasteiger partial charge in [-0.25, -0.2) is 0 Å². The Morgan fingerprint density at radius 2 is 2.03 bits per heavy atom. The molecule has 0 fully saturated rings. The highest BCUT2D eigenvalue weighted by Crippen LogP contribution is 2.33. The van der Waals surface area contributed by atoms with Crippen LogP contribution in [0.15, 0.2) is 16.5 Å². The van der Waals surface area contributed by atoms with Crippen molar-refractivity contribution in [2.45, 2.75) is 46.0 Å². The highest BCUT2D eigenvalue weighted by atomic mass is 19.4. The van der Waals surface area contributed by atoms with E-state index in [4.69, 9.17) is 4.42 Å². The number of hydrogen-bond acceptors (Lipinski definition) is 5. The third kappa shape index (κ3) is 3.30. The monoisotopic (exact) mass is 408 g/mol. The minimum absolute atomic E-state index is 0.0335. The SMILES string of the molecule is Cc1n[nH]c(C)c1Cc1ccc(C(=O)N2CCn3c(nnc3C(F)(F)F)C2C)o1. The zero-order valence-electron chi connectivity index (χ0n) is 16.0. The predicted octanol–water partition coefficient (Wildman–Crippen LogP) is 3.04. The Balaban J connectivity index is 1.54. The molecule has 0 aromatic carbocycles. The number of nitrogens with zero attached hydrogens (tertiary/aromatic N) is 5. The molecular formula is C18H19F3N6O2. The maximum atomic E-state index is 13.0. The number of amides is 1. The minimum atomic E-state index is -4.59. The molecule has 0 bridgehead atoms. The van der Waals surface area contributed by atoms with Crippen molar-refractivity contribution in [1.29, 1.82) is 0 Å². The van der Waals surface area contributed by atoms with E-state index in [-0.39, 0.29) is 24.7 Å². The number of halogens is 3. The third-order valence-corrected chi connectivity index (χ3v) is 5.20. The summed E-state index contributed by atoms with van der Waals surface area (Å²) in [5, 5.41) is 14.0. The van der Waals surface area contributed by atoms with Crippen molar-refractivity contribution in [3.8, 4) is 0 Å². The minimum Gasteiger partial charge on any atom is -0.456 e. The molecular weight excluding hydrogens is 389 g/mol. The van der Waals surface area contributed by atoms with Gasteiger partial charge in [0.2, 0.25) is 5.82 Å². The topological polar surface area (TPSA) is 92.8 Å². The van der Waals surface area contributed by atoms with E-state index in [0.717, 1.165) is 21.5 Å². The van der Waals surface area contributed by atoms with Crippen molar-refractivity contribution in [2.24, 2.45) is 0 Å². The molecule has 1 unspecified atom stereocenters. The van der Waals surface area contributed by atoms with E-state index in [9.17, 15) is 18.0 Å². The first-order chi connectivity index (χ1) is 13.7. The van der Waals surface area contributed by atoms with Gasteiger partial charge in [0.25, 0.3) is 5.91 Å². The number of nitrogens with one attached hydrogen (secondary N) is 1. The molecule has 1 N–H and O–H groups in total. The first kappa shape index (κ1) is 19.2. The first-order valence-electron chi connectivity index (χ1n) is 9.07. The molecule has 8 nitrogen and oxygen atoms in total. The fourth-order valence-electron chi connectivity index (χ4n) is 3.61. The summed E-state index contributed by atoms with van der Waals surface area (Å²) in [6.45, 7) is 5.48. The number of fused-ring (bicyclic) bond motifs is 1. The molecule has 1 atom stereocenters. The summed E-state index contributed by atoms with van der Waals surface area (Å²) in [4.78, 5) is 14.4. The van der Waals surface area contributed by atoms with Crippen LogP contribution in [0.1, 0.15) is 57.9 Å². The van der Waals surface area contributed by atoms with E-state index in [1.54, 1.807) is 19.1 Å². The van der Waals surface area contributed by atoms with Gasteiger partial charge in [0, 0.05) is 30.8 Å². The number of hydrogen-bond donors (Lipinski definition) is 1. The number of furan rings is 1. The van der Waals surface area contributed by atoms with E-state index in [1.165, 1.54) is 4.90 Å². The van der Waals surface area contributed by atoms with Crippen molar-refractivity contribution >= 4 is 5.91 Å². The lowest BCUT2D eigenvalue weighted by Gasteiger charge is -2.33. The molecule has 3 aromatic rings. The van der Waals surface area contributed by atoms with Crippen LogP contribution in [0.5, 0.6) is 0 Å². The Bertz CT molecular complexity index is 1040. The average molecular weight is 408 g/mol. The van der Waals surface area contributed by atoms with E-state index in [1.807, 2.05) is 13.8 Å². The van der Waals surface area contributed by atoms with Gasteiger partial charge in [-0.15, -0.1) is 10.2 Å². The van der Waals surface area contributed by atoms with Crippen LogP contribution in [-0.4, -0.2) is 42.3 Å². The molecule has 1 aliphatic heterocycles. The molecule has 0 radical (unpaired) electrons. The molecule has 1 amide bonds. The van der Waals surface area contributed by atoms with E-state index < -0.39 is 23.9 Å². The summed E-state index contributed by atoms with van der Waals surface area (Å²) in [7, 11) is 0. The van der Waals surface area contributed by atoms with Gasteiger partial charge >= 0.3 is 6.18 Å². The Morgan fingerprint density at radius 3 is 2.69 bits per heavy atom. The van der Waals surface area contributed by atoms with Crippen molar-refractivity contribution in [3.63, 3.8) is 0 Å². The zero-order chi connectivity index (χ0) is 20.9. The Labute approximate surface area is 163 Å². The fourth-order valence-corrected chi connectivity index (χ4v) is 3.61. The van der Waals surface area contributed by atoms with Gasteiger partial charge in [-0.2, -0.15) is 18.3 Å². The fraction of sp³-hybridized carbons (Fsp3) is 0.444. The van der Waals surface area contributed by atoms with Crippen LogP contribution in [-0.2, 0) is 19.1 Å². The molecule has 4 heterocycles. The molecule has 11 heteroatoms. The number of alkyl halides is 3. The number of aromatic amines is 1. The Kier molecular flexibility index (Phi) is 4.47.